The normalized spacial score (nSPS) is 17.8. The zero-order chi connectivity index (χ0) is 11.1. The Bertz CT molecular complexity index is 268. The number of piperazine rings is 1. The van der Waals surface area contributed by atoms with Crippen LogP contribution in [0.25, 0.3) is 0 Å². The van der Waals surface area contributed by atoms with Gasteiger partial charge in [-0.1, -0.05) is 6.07 Å². The van der Waals surface area contributed by atoms with Crippen LogP contribution < -0.4 is 10.6 Å². The molecule has 0 unspecified atom stereocenters. The van der Waals surface area contributed by atoms with E-state index in [-0.39, 0.29) is 0 Å². The molecule has 90 valence electrons. The zero-order valence-electron chi connectivity index (χ0n) is 9.74. The zero-order valence-corrected chi connectivity index (χ0v) is 10.6. The molecule has 0 atom stereocenters. The second-order valence-electron chi connectivity index (χ2n) is 4.17. The van der Waals surface area contributed by atoms with Crippen molar-refractivity contribution in [1.82, 2.24) is 15.5 Å². The van der Waals surface area contributed by atoms with Crippen molar-refractivity contribution < 1.29 is 0 Å². The Labute approximate surface area is 102 Å². The highest BCUT2D eigenvalue weighted by molar-refractivity contribution is 7.09. The van der Waals surface area contributed by atoms with E-state index in [9.17, 15) is 0 Å². The van der Waals surface area contributed by atoms with Gasteiger partial charge in [-0.2, -0.15) is 0 Å². The monoisotopic (exact) mass is 239 g/mol. The van der Waals surface area contributed by atoms with Crippen LogP contribution in [0.2, 0.25) is 0 Å². The maximum atomic E-state index is 3.52. The Kier molecular flexibility index (Phi) is 5.28. The van der Waals surface area contributed by atoms with E-state index < -0.39 is 0 Å². The van der Waals surface area contributed by atoms with E-state index in [1.54, 1.807) is 0 Å². The summed E-state index contributed by atoms with van der Waals surface area (Å²) in [7, 11) is 0. The van der Waals surface area contributed by atoms with Gasteiger partial charge in [0.1, 0.15) is 0 Å². The van der Waals surface area contributed by atoms with Gasteiger partial charge in [-0.25, -0.2) is 0 Å². The first kappa shape index (κ1) is 12.0. The summed E-state index contributed by atoms with van der Waals surface area (Å²) in [4.78, 5) is 4.00. The molecule has 1 fully saturated rings. The third-order valence-electron chi connectivity index (χ3n) is 2.94. The maximum Gasteiger partial charge on any atom is 0.0108 e. The summed E-state index contributed by atoms with van der Waals surface area (Å²) in [5.74, 6) is 0. The SMILES string of the molecule is c1csc(CCNCCN2CCNCC2)c1. The third-order valence-corrected chi connectivity index (χ3v) is 3.88. The average Bonchev–Trinajstić information content (AvgIpc) is 2.83. The van der Waals surface area contributed by atoms with Gasteiger partial charge in [0.15, 0.2) is 0 Å². The van der Waals surface area contributed by atoms with Gasteiger partial charge >= 0.3 is 0 Å². The summed E-state index contributed by atoms with van der Waals surface area (Å²) in [5, 5.41) is 9.04. The molecule has 0 aliphatic carbocycles. The highest BCUT2D eigenvalue weighted by Gasteiger charge is 2.07. The fourth-order valence-corrected chi connectivity index (χ4v) is 2.67. The van der Waals surface area contributed by atoms with Gasteiger partial charge in [0.05, 0.1) is 0 Å². The van der Waals surface area contributed by atoms with Crippen molar-refractivity contribution >= 4 is 11.3 Å². The van der Waals surface area contributed by atoms with Crippen molar-refractivity contribution in [3.05, 3.63) is 22.4 Å². The number of rotatable bonds is 6. The van der Waals surface area contributed by atoms with Crippen LogP contribution in [0.5, 0.6) is 0 Å². The lowest BCUT2D eigenvalue weighted by molar-refractivity contribution is 0.241. The summed E-state index contributed by atoms with van der Waals surface area (Å²) >= 11 is 1.85. The first-order chi connectivity index (χ1) is 7.95. The maximum absolute atomic E-state index is 3.52. The van der Waals surface area contributed by atoms with E-state index in [0.717, 1.165) is 26.2 Å². The van der Waals surface area contributed by atoms with Gasteiger partial charge in [0, 0.05) is 50.7 Å². The van der Waals surface area contributed by atoms with Crippen LogP contribution in [0.1, 0.15) is 4.88 Å². The number of hydrogen-bond donors (Lipinski definition) is 2. The molecule has 0 aromatic carbocycles. The second-order valence-corrected chi connectivity index (χ2v) is 5.20. The van der Waals surface area contributed by atoms with E-state index in [1.807, 2.05) is 11.3 Å². The Morgan fingerprint density at radius 3 is 2.94 bits per heavy atom. The molecular weight excluding hydrogens is 218 g/mol. The lowest BCUT2D eigenvalue weighted by Crippen LogP contribution is -2.45. The molecule has 1 aliphatic rings. The molecule has 0 saturated carbocycles. The van der Waals surface area contributed by atoms with Crippen LogP contribution in [0, 0.1) is 0 Å². The summed E-state index contributed by atoms with van der Waals surface area (Å²) in [6.07, 6.45) is 1.17. The molecule has 1 aromatic heterocycles. The van der Waals surface area contributed by atoms with Crippen LogP contribution in [0.3, 0.4) is 0 Å². The minimum atomic E-state index is 1.10. The Morgan fingerprint density at radius 1 is 1.31 bits per heavy atom. The molecule has 1 saturated heterocycles. The van der Waals surface area contributed by atoms with E-state index in [0.29, 0.717) is 0 Å². The largest absolute Gasteiger partial charge is 0.315 e. The van der Waals surface area contributed by atoms with Crippen LogP contribution in [0.4, 0.5) is 0 Å². The Balaban J connectivity index is 1.48. The summed E-state index contributed by atoms with van der Waals surface area (Å²) < 4.78 is 0. The Hall–Kier alpha value is -0.420. The van der Waals surface area contributed by atoms with Crippen molar-refractivity contribution in [2.75, 3.05) is 45.8 Å². The molecule has 0 amide bonds. The van der Waals surface area contributed by atoms with Crippen LogP contribution >= 0.6 is 11.3 Å². The lowest BCUT2D eigenvalue weighted by Gasteiger charge is -2.27. The standard InChI is InChI=1S/C12H21N3S/c1-2-12(16-11-1)3-4-13-5-8-15-9-6-14-7-10-15/h1-2,11,13-14H,3-10H2. The van der Waals surface area contributed by atoms with Crippen molar-refractivity contribution in [1.29, 1.82) is 0 Å². The van der Waals surface area contributed by atoms with Crippen LogP contribution in [-0.2, 0) is 6.42 Å². The Morgan fingerprint density at radius 2 is 2.19 bits per heavy atom. The first-order valence-corrected chi connectivity index (χ1v) is 6.99. The molecule has 1 aliphatic heterocycles. The quantitative estimate of drug-likeness (QED) is 0.719. The topological polar surface area (TPSA) is 27.3 Å². The fourth-order valence-electron chi connectivity index (χ4n) is 1.96. The fraction of sp³-hybridized carbons (Fsp3) is 0.667. The van der Waals surface area contributed by atoms with E-state index in [4.69, 9.17) is 0 Å². The van der Waals surface area contributed by atoms with E-state index in [1.165, 1.54) is 30.9 Å². The highest BCUT2D eigenvalue weighted by atomic mass is 32.1. The van der Waals surface area contributed by atoms with Crippen molar-refractivity contribution in [2.24, 2.45) is 0 Å². The van der Waals surface area contributed by atoms with E-state index >= 15 is 0 Å². The van der Waals surface area contributed by atoms with Gasteiger partial charge in [-0.05, 0) is 17.9 Å². The van der Waals surface area contributed by atoms with Gasteiger partial charge < -0.3 is 10.6 Å². The molecular formula is C12H21N3S. The molecule has 4 heteroatoms. The molecule has 2 heterocycles. The van der Waals surface area contributed by atoms with Crippen molar-refractivity contribution in [3.8, 4) is 0 Å². The highest BCUT2D eigenvalue weighted by Crippen LogP contribution is 2.07. The minimum Gasteiger partial charge on any atom is -0.315 e. The lowest BCUT2D eigenvalue weighted by atomic mass is 10.3. The average molecular weight is 239 g/mol. The van der Waals surface area contributed by atoms with Gasteiger partial charge in [-0.3, -0.25) is 4.90 Å². The summed E-state index contributed by atoms with van der Waals surface area (Å²) in [5.41, 5.74) is 0. The van der Waals surface area contributed by atoms with Gasteiger partial charge in [0.2, 0.25) is 0 Å². The smallest absolute Gasteiger partial charge is 0.0108 e. The molecule has 1 aromatic rings. The van der Waals surface area contributed by atoms with Crippen molar-refractivity contribution in [3.63, 3.8) is 0 Å². The van der Waals surface area contributed by atoms with Gasteiger partial charge in [-0.15, -0.1) is 11.3 Å². The number of nitrogens with zero attached hydrogens (tertiary/aromatic N) is 1. The molecule has 0 spiro atoms. The summed E-state index contributed by atoms with van der Waals surface area (Å²) in [6.45, 7) is 8.10. The van der Waals surface area contributed by atoms with Gasteiger partial charge in [0.25, 0.3) is 0 Å². The molecule has 0 radical (unpaired) electrons. The number of thiophene rings is 1. The molecule has 0 bridgehead atoms. The molecule has 2 rings (SSSR count). The van der Waals surface area contributed by atoms with Crippen molar-refractivity contribution in [2.45, 2.75) is 6.42 Å². The molecule has 3 nitrogen and oxygen atoms in total. The van der Waals surface area contributed by atoms with Crippen LogP contribution in [-0.4, -0.2) is 50.7 Å². The van der Waals surface area contributed by atoms with Crippen LogP contribution in [0.15, 0.2) is 17.5 Å². The number of hydrogen-bond acceptors (Lipinski definition) is 4. The number of nitrogens with one attached hydrogen (secondary N) is 2. The predicted octanol–water partition coefficient (Wildman–Crippen LogP) is 0.785. The van der Waals surface area contributed by atoms with E-state index in [2.05, 4.69) is 33.0 Å². The summed E-state index contributed by atoms with van der Waals surface area (Å²) in [6, 6.07) is 4.34. The third kappa shape index (κ3) is 4.22. The molecule has 2 N–H and O–H groups in total. The minimum absolute atomic E-state index is 1.10. The predicted molar refractivity (Wildman–Crippen MR) is 70.2 cm³/mol. The molecule has 16 heavy (non-hydrogen) atoms. The second kappa shape index (κ2) is 7.01. The first-order valence-electron chi connectivity index (χ1n) is 6.11.